The zero-order chi connectivity index (χ0) is 16.9. The number of rotatable bonds is 6. The van der Waals surface area contributed by atoms with Gasteiger partial charge in [0.1, 0.15) is 11.3 Å². The van der Waals surface area contributed by atoms with Crippen LogP contribution in [0.2, 0.25) is 5.02 Å². The van der Waals surface area contributed by atoms with E-state index in [2.05, 4.69) is 10.3 Å². The van der Waals surface area contributed by atoms with Gasteiger partial charge in [0.2, 0.25) is 5.91 Å². The van der Waals surface area contributed by atoms with E-state index < -0.39 is 0 Å². The Balaban J connectivity index is 1.46. The Morgan fingerprint density at radius 2 is 2.04 bits per heavy atom. The molecule has 1 N–H and O–H groups in total. The van der Waals surface area contributed by atoms with Crippen LogP contribution in [0.4, 0.5) is 9.52 Å². The van der Waals surface area contributed by atoms with Crippen LogP contribution < -0.4 is 5.32 Å². The quantitative estimate of drug-likeness (QED) is 0.447. The van der Waals surface area contributed by atoms with Gasteiger partial charge in [-0.05, 0) is 48.6 Å². The Labute approximate surface area is 152 Å². The van der Waals surface area contributed by atoms with Crippen LogP contribution in [0.1, 0.15) is 12.8 Å². The lowest BCUT2D eigenvalue weighted by Gasteiger charge is -2.02. The van der Waals surface area contributed by atoms with E-state index in [4.69, 9.17) is 11.6 Å². The van der Waals surface area contributed by atoms with E-state index in [1.54, 1.807) is 23.9 Å². The van der Waals surface area contributed by atoms with Crippen LogP contribution >= 0.6 is 34.7 Å². The molecule has 3 aromatic rings. The first-order chi connectivity index (χ1) is 11.6. The van der Waals surface area contributed by atoms with Crippen LogP contribution in [0.15, 0.2) is 47.4 Å². The molecule has 0 fully saturated rings. The molecule has 0 radical (unpaired) electrons. The number of nitrogens with zero attached hydrogens (tertiary/aromatic N) is 1. The fourth-order valence-corrected chi connectivity index (χ4v) is 3.98. The summed E-state index contributed by atoms with van der Waals surface area (Å²) < 4.78 is 14.3. The van der Waals surface area contributed by atoms with Gasteiger partial charge in [-0.3, -0.25) is 4.79 Å². The van der Waals surface area contributed by atoms with Crippen molar-refractivity contribution >= 4 is 56.0 Å². The van der Waals surface area contributed by atoms with Crippen molar-refractivity contribution in [1.29, 1.82) is 0 Å². The van der Waals surface area contributed by atoms with Crippen molar-refractivity contribution in [3.8, 4) is 0 Å². The molecular weight excluding hydrogens is 367 g/mol. The minimum absolute atomic E-state index is 0.105. The number of fused-ring (bicyclic) bond motifs is 1. The molecule has 1 amide bonds. The first-order valence-corrected chi connectivity index (χ1v) is 9.53. The van der Waals surface area contributed by atoms with Gasteiger partial charge in [0.25, 0.3) is 0 Å². The number of amides is 1. The second-order valence-corrected chi connectivity index (χ2v) is 7.70. The maximum atomic E-state index is 13.6. The molecule has 1 aromatic heterocycles. The second kappa shape index (κ2) is 7.96. The van der Waals surface area contributed by atoms with Crippen molar-refractivity contribution in [3.63, 3.8) is 0 Å². The van der Waals surface area contributed by atoms with Gasteiger partial charge in [-0.15, -0.1) is 11.8 Å². The van der Waals surface area contributed by atoms with E-state index in [1.807, 2.05) is 24.3 Å². The van der Waals surface area contributed by atoms with Crippen molar-refractivity contribution in [2.75, 3.05) is 11.1 Å². The highest BCUT2D eigenvalue weighted by molar-refractivity contribution is 7.99. The molecule has 124 valence electrons. The van der Waals surface area contributed by atoms with Gasteiger partial charge >= 0.3 is 0 Å². The van der Waals surface area contributed by atoms with Gasteiger partial charge < -0.3 is 5.32 Å². The van der Waals surface area contributed by atoms with Crippen LogP contribution in [0.3, 0.4) is 0 Å². The lowest BCUT2D eigenvalue weighted by atomic mass is 10.3. The summed E-state index contributed by atoms with van der Waals surface area (Å²) >= 11 is 8.80. The highest BCUT2D eigenvalue weighted by Gasteiger charge is 2.10. The molecule has 3 rings (SSSR count). The first kappa shape index (κ1) is 17.2. The molecule has 0 spiro atoms. The number of thioether (sulfide) groups is 1. The molecule has 0 bridgehead atoms. The second-order valence-electron chi connectivity index (χ2n) is 5.06. The lowest BCUT2D eigenvalue weighted by Crippen LogP contribution is -2.11. The predicted octanol–water partition coefficient (Wildman–Crippen LogP) is 5.60. The fourth-order valence-electron chi connectivity index (χ4n) is 2.10. The van der Waals surface area contributed by atoms with Crippen LogP contribution in [-0.2, 0) is 4.79 Å². The average Bonchev–Trinajstić information content (AvgIpc) is 2.97. The molecule has 0 aliphatic carbocycles. The number of aromatic nitrogens is 1. The molecular formula is C17H14ClFN2OS2. The molecule has 3 nitrogen and oxygen atoms in total. The maximum Gasteiger partial charge on any atom is 0.226 e. The minimum Gasteiger partial charge on any atom is -0.302 e. The minimum atomic E-state index is -0.372. The maximum absolute atomic E-state index is 13.6. The summed E-state index contributed by atoms with van der Waals surface area (Å²) in [6.45, 7) is 0. The number of nitrogens with one attached hydrogen (secondary N) is 1. The summed E-state index contributed by atoms with van der Waals surface area (Å²) in [4.78, 5) is 17.2. The third kappa shape index (κ3) is 4.47. The summed E-state index contributed by atoms with van der Waals surface area (Å²) in [5.41, 5.74) is 0.302. The fraction of sp³-hybridized carbons (Fsp3) is 0.176. The Morgan fingerprint density at radius 1 is 1.25 bits per heavy atom. The van der Waals surface area contributed by atoms with E-state index in [-0.39, 0.29) is 11.7 Å². The summed E-state index contributed by atoms with van der Waals surface area (Å²) in [5, 5.41) is 3.89. The highest BCUT2D eigenvalue weighted by Crippen LogP contribution is 2.27. The molecule has 0 aliphatic rings. The van der Waals surface area contributed by atoms with Crippen molar-refractivity contribution in [1.82, 2.24) is 4.98 Å². The molecule has 0 saturated heterocycles. The molecule has 2 aromatic carbocycles. The summed E-state index contributed by atoms with van der Waals surface area (Å²) in [7, 11) is 0. The smallest absolute Gasteiger partial charge is 0.226 e. The van der Waals surface area contributed by atoms with Gasteiger partial charge in [0.05, 0.1) is 4.70 Å². The Bertz CT molecular complexity index is 851. The zero-order valence-corrected chi connectivity index (χ0v) is 15.0. The number of carbonyl (C=O) groups is 1. The van der Waals surface area contributed by atoms with Gasteiger partial charge in [0, 0.05) is 16.3 Å². The van der Waals surface area contributed by atoms with Crippen molar-refractivity contribution in [2.45, 2.75) is 17.7 Å². The predicted molar refractivity (Wildman–Crippen MR) is 99.6 cm³/mol. The van der Waals surface area contributed by atoms with Gasteiger partial charge in [-0.2, -0.15) is 0 Å². The Hall–Kier alpha value is -1.63. The van der Waals surface area contributed by atoms with E-state index >= 15 is 0 Å². The Morgan fingerprint density at radius 3 is 2.79 bits per heavy atom. The molecule has 1 heterocycles. The number of hydrogen-bond acceptors (Lipinski definition) is 4. The monoisotopic (exact) mass is 380 g/mol. The van der Waals surface area contributed by atoms with Crippen LogP contribution in [-0.4, -0.2) is 16.6 Å². The number of hydrogen-bond donors (Lipinski definition) is 1. The van der Waals surface area contributed by atoms with E-state index in [0.717, 1.165) is 21.8 Å². The van der Waals surface area contributed by atoms with Gasteiger partial charge in [-0.1, -0.05) is 29.0 Å². The summed E-state index contributed by atoms with van der Waals surface area (Å²) in [6, 6.07) is 12.4. The standard InChI is InChI=1S/C17H14ClFN2OS2/c18-11-6-8-12(9-7-11)23-10-2-5-15(22)20-17-21-16-13(19)3-1-4-14(16)24-17/h1,3-4,6-9H,2,5,10H2,(H,20,21,22). The number of benzene rings is 2. The van der Waals surface area contributed by atoms with E-state index in [1.165, 1.54) is 17.4 Å². The highest BCUT2D eigenvalue weighted by atomic mass is 35.5. The number of carbonyl (C=O) groups excluding carboxylic acids is 1. The van der Waals surface area contributed by atoms with Crippen molar-refractivity contribution < 1.29 is 9.18 Å². The van der Waals surface area contributed by atoms with Crippen LogP contribution in [0, 0.1) is 5.82 Å². The van der Waals surface area contributed by atoms with E-state index in [0.29, 0.717) is 22.1 Å². The van der Waals surface area contributed by atoms with Crippen molar-refractivity contribution in [2.24, 2.45) is 0 Å². The molecule has 0 atom stereocenters. The topological polar surface area (TPSA) is 42.0 Å². The van der Waals surface area contributed by atoms with E-state index in [9.17, 15) is 9.18 Å². The molecule has 24 heavy (non-hydrogen) atoms. The molecule has 7 heteroatoms. The lowest BCUT2D eigenvalue weighted by molar-refractivity contribution is -0.116. The van der Waals surface area contributed by atoms with Gasteiger partial charge in [-0.25, -0.2) is 9.37 Å². The van der Waals surface area contributed by atoms with Gasteiger partial charge in [0.15, 0.2) is 5.13 Å². The van der Waals surface area contributed by atoms with Crippen LogP contribution in [0.5, 0.6) is 0 Å². The largest absolute Gasteiger partial charge is 0.302 e. The molecule has 0 unspecified atom stereocenters. The Kier molecular flexibility index (Phi) is 5.71. The molecule has 0 saturated carbocycles. The third-order valence-corrected chi connectivity index (χ3v) is 5.53. The molecule has 0 aliphatic heterocycles. The normalized spacial score (nSPS) is 10.9. The van der Waals surface area contributed by atoms with Crippen LogP contribution in [0.25, 0.3) is 10.2 Å². The average molecular weight is 381 g/mol. The first-order valence-electron chi connectivity index (χ1n) is 7.35. The SMILES string of the molecule is O=C(CCCSc1ccc(Cl)cc1)Nc1nc2c(F)cccc2s1. The third-order valence-electron chi connectivity index (χ3n) is 3.25. The number of thiazole rings is 1. The number of para-hydroxylation sites is 1. The summed E-state index contributed by atoms with van der Waals surface area (Å²) in [6.07, 6.45) is 1.15. The summed E-state index contributed by atoms with van der Waals surface area (Å²) in [5.74, 6) is 0.360. The van der Waals surface area contributed by atoms with Crippen molar-refractivity contribution in [3.05, 3.63) is 53.3 Å². The number of halogens is 2. The zero-order valence-electron chi connectivity index (χ0n) is 12.6. The number of anilines is 1.